The Labute approximate surface area is 175 Å². The van der Waals surface area contributed by atoms with Crippen LogP contribution in [0.2, 0.25) is 0 Å². The van der Waals surface area contributed by atoms with Crippen molar-refractivity contribution in [3.63, 3.8) is 0 Å². The number of hydrogen-bond acceptors (Lipinski definition) is 5. The monoisotopic (exact) mass is 422 g/mol. The van der Waals surface area contributed by atoms with E-state index in [0.29, 0.717) is 21.6 Å². The van der Waals surface area contributed by atoms with Crippen molar-refractivity contribution < 1.29 is 9.18 Å². The minimum absolute atomic E-state index is 0.161. The maximum atomic E-state index is 13.6. The number of H-pyrrole nitrogens is 1. The summed E-state index contributed by atoms with van der Waals surface area (Å²) in [5, 5.41) is 0.516. The molecular formula is C22H19FN4O2S. The summed E-state index contributed by atoms with van der Waals surface area (Å²) in [7, 11) is 1.67. The fourth-order valence-electron chi connectivity index (χ4n) is 3.44. The van der Waals surface area contributed by atoms with Gasteiger partial charge in [0.2, 0.25) is 5.91 Å². The Kier molecular flexibility index (Phi) is 5.43. The van der Waals surface area contributed by atoms with E-state index < -0.39 is 17.8 Å². The number of rotatable bonds is 6. The first-order valence-corrected chi connectivity index (χ1v) is 10.1. The molecule has 4 rings (SSSR count). The Hall–Kier alpha value is -3.36. The number of thiophene rings is 1. The van der Waals surface area contributed by atoms with E-state index in [4.69, 9.17) is 5.73 Å². The standard InChI is InChI=1S/C22H19FN4O2S/c1-27(19(20(24)28)14-8-5-9-15(23)10-14)12-18-25-21(29)16-11-17(30-22(16)26-18)13-6-3-2-4-7-13/h2-11,19H,12H2,1H3,(H2,24,28)(H,25,26,29). The van der Waals surface area contributed by atoms with Gasteiger partial charge in [-0.2, -0.15) is 0 Å². The van der Waals surface area contributed by atoms with Crippen LogP contribution < -0.4 is 11.3 Å². The molecule has 0 spiro atoms. The van der Waals surface area contributed by atoms with Gasteiger partial charge in [-0.15, -0.1) is 11.3 Å². The molecule has 0 fully saturated rings. The third-order valence-electron chi connectivity index (χ3n) is 4.78. The zero-order valence-corrected chi connectivity index (χ0v) is 16.9. The molecule has 152 valence electrons. The number of nitrogens with one attached hydrogen (secondary N) is 1. The van der Waals surface area contributed by atoms with Crippen molar-refractivity contribution in [3.05, 3.63) is 88.2 Å². The van der Waals surface area contributed by atoms with Gasteiger partial charge in [-0.25, -0.2) is 9.37 Å². The van der Waals surface area contributed by atoms with Crippen LogP contribution in [-0.4, -0.2) is 27.8 Å². The number of likely N-dealkylation sites (N-methyl/N-ethyl adjacent to an activating group) is 1. The molecule has 0 bridgehead atoms. The topological polar surface area (TPSA) is 92.1 Å². The van der Waals surface area contributed by atoms with E-state index in [-0.39, 0.29) is 12.1 Å². The van der Waals surface area contributed by atoms with Gasteiger partial charge in [0.15, 0.2) is 0 Å². The van der Waals surface area contributed by atoms with Crippen LogP contribution in [0.15, 0.2) is 65.5 Å². The molecule has 6 nitrogen and oxygen atoms in total. The highest BCUT2D eigenvalue weighted by atomic mass is 32.1. The van der Waals surface area contributed by atoms with E-state index in [0.717, 1.165) is 10.4 Å². The normalized spacial score (nSPS) is 12.4. The number of benzene rings is 2. The highest BCUT2D eigenvalue weighted by Gasteiger charge is 2.24. The predicted octanol–water partition coefficient (Wildman–Crippen LogP) is 3.45. The van der Waals surface area contributed by atoms with Crippen LogP contribution in [0.5, 0.6) is 0 Å². The maximum Gasteiger partial charge on any atom is 0.259 e. The van der Waals surface area contributed by atoms with Gasteiger partial charge in [0.25, 0.3) is 5.56 Å². The highest BCUT2D eigenvalue weighted by molar-refractivity contribution is 7.21. The lowest BCUT2D eigenvalue weighted by Crippen LogP contribution is -2.35. The van der Waals surface area contributed by atoms with Crippen LogP contribution >= 0.6 is 11.3 Å². The summed E-state index contributed by atoms with van der Waals surface area (Å²) in [5.41, 5.74) is 6.77. The molecular weight excluding hydrogens is 403 g/mol. The molecule has 1 atom stereocenters. The quantitative estimate of drug-likeness (QED) is 0.498. The fraction of sp³-hybridized carbons (Fsp3) is 0.136. The van der Waals surface area contributed by atoms with E-state index in [1.807, 2.05) is 36.4 Å². The second kappa shape index (κ2) is 8.17. The summed E-state index contributed by atoms with van der Waals surface area (Å²) in [4.78, 5) is 35.2. The van der Waals surface area contributed by atoms with Crippen molar-refractivity contribution >= 4 is 27.5 Å². The maximum absolute atomic E-state index is 13.6. The smallest absolute Gasteiger partial charge is 0.259 e. The lowest BCUT2D eigenvalue weighted by atomic mass is 10.0. The minimum Gasteiger partial charge on any atom is -0.368 e. The average Bonchev–Trinajstić information content (AvgIpc) is 3.13. The first-order valence-electron chi connectivity index (χ1n) is 9.25. The van der Waals surface area contributed by atoms with Gasteiger partial charge >= 0.3 is 0 Å². The summed E-state index contributed by atoms with van der Waals surface area (Å²) in [6, 6.07) is 16.5. The molecule has 0 aliphatic rings. The zero-order chi connectivity index (χ0) is 21.3. The molecule has 2 heterocycles. The number of carbonyl (C=O) groups excluding carboxylic acids is 1. The number of carbonyl (C=O) groups is 1. The zero-order valence-electron chi connectivity index (χ0n) is 16.1. The minimum atomic E-state index is -0.857. The molecule has 3 N–H and O–H groups in total. The van der Waals surface area contributed by atoms with Crippen LogP contribution in [-0.2, 0) is 11.3 Å². The van der Waals surface area contributed by atoms with E-state index in [2.05, 4.69) is 9.97 Å². The molecule has 0 saturated heterocycles. The summed E-state index contributed by atoms with van der Waals surface area (Å²) in [6.07, 6.45) is 0. The number of aromatic amines is 1. The Morgan fingerprint density at radius 2 is 1.97 bits per heavy atom. The lowest BCUT2D eigenvalue weighted by Gasteiger charge is -2.25. The Bertz CT molecular complexity index is 1270. The number of halogens is 1. The van der Waals surface area contributed by atoms with Crippen LogP contribution in [0.1, 0.15) is 17.4 Å². The molecule has 0 aliphatic heterocycles. The molecule has 0 radical (unpaired) electrons. The van der Waals surface area contributed by atoms with Crippen molar-refractivity contribution in [2.75, 3.05) is 7.05 Å². The molecule has 1 unspecified atom stereocenters. The first-order chi connectivity index (χ1) is 14.4. The Morgan fingerprint density at radius 3 is 2.67 bits per heavy atom. The van der Waals surface area contributed by atoms with Crippen molar-refractivity contribution in [1.82, 2.24) is 14.9 Å². The molecule has 1 amide bonds. The van der Waals surface area contributed by atoms with Crippen molar-refractivity contribution in [2.45, 2.75) is 12.6 Å². The number of nitrogens with zero attached hydrogens (tertiary/aromatic N) is 2. The molecule has 8 heteroatoms. The van der Waals surface area contributed by atoms with Gasteiger partial charge in [0.1, 0.15) is 22.5 Å². The molecule has 2 aromatic heterocycles. The van der Waals surface area contributed by atoms with Gasteiger partial charge in [-0.3, -0.25) is 14.5 Å². The van der Waals surface area contributed by atoms with Crippen LogP contribution in [0.25, 0.3) is 20.7 Å². The Balaban J connectivity index is 1.66. The largest absolute Gasteiger partial charge is 0.368 e. The third-order valence-corrected chi connectivity index (χ3v) is 5.86. The summed E-state index contributed by atoms with van der Waals surface area (Å²) >= 11 is 1.43. The SMILES string of the molecule is CN(Cc1nc2sc(-c3ccccc3)cc2c(=O)[nH]1)C(C(N)=O)c1cccc(F)c1. The molecule has 0 saturated carbocycles. The number of fused-ring (bicyclic) bond motifs is 1. The number of amides is 1. The highest BCUT2D eigenvalue weighted by Crippen LogP contribution is 2.31. The second-order valence-corrected chi connectivity index (χ2v) is 8.01. The van der Waals surface area contributed by atoms with Crippen molar-refractivity contribution in [3.8, 4) is 10.4 Å². The average molecular weight is 422 g/mol. The van der Waals surface area contributed by atoms with Crippen LogP contribution in [0, 0.1) is 5.82 Å². The number of nitrogens with two attached hydrogens (primary N) is 1. The molecule has 2 aromatic carbocycles. The van der Waals surface area contributed by atoms with Crippen molar-refractivity contribution in [1.29, 1.82) is 0 Å². The molecule has 4 aromatic rings. The third kappa shape index (κ3) is 4.00. The van der Waals surface area contributed by atoms with E-state index in [1.54, 1.807) is 18.0 Å². The van der Waals surface area contributed by atoms with Gasteiger partial charge in [0, 0.05) is 4.88 Å². The Morgan fingerprint density at radius 1 is 1.20 bits per heavy atom. The first kappa shape index (κ1) is 19.9. The van der Waals surface area contributed by atoms with E-state index in [9.17, 15) is 14.0 Å². The van der Waals surface area contributed by atoms with Crippen LogP contribution in [0.4, 0.5) is 4.39 Å². The van der Waals surface area contributed by atoms with E-state index >= 15 is 0 Å². The summed E-state index contributed by atoms with van der Waals surface area (Å²) in [6.45, 7) is 0.161. The van der Waals surface area contributed by atoms with Gasteiger partial charge in [-0.1, -0.05) is 42.5 Å². The predicted molar refractivity (Wildman–Crippen MR) is 115 cm³/mol. The lowest BCUT2D eigenvalue weighted by molar-refractivity contribution is -0.123. The number of primary amides is 1. The summed E-state index contributed by atoms with van der Waals surface area (Å²) < 4.78 is 13.6. The molecule has 0 aliphatic carbocycles. The molecule has 30 heavy (non-hydrogen) atoms. The van der Waals surface area contributed by atoms with Crippen LogP contribution in [0.3, 0.4) is 0 Å². The number of hydrogen-bond donors (Lipinski definition) is 2. The van der Waals surface area contributed by atoms with E-state index in [1.165, 1.54) is 29.5 Å². The van der Waals surface area contributed by atoms with Crippen molar-refractivity contribution in [2.24, 2.45) is 5.73 Å². The fourth-order valence-corrected chi connectivity index (χ4v) is 4.49. The van der Waals surface area contributed by atoms with Gasteiger partial charge in [-0.05, 0) is 36.4 Å². The second-order valence-electron chi connectivity index (χ2n) is 6.98. The van der Waals surface area contributed by atoms with Gasteiger partial charge in [0.05, 0.1) is 11.9 Å². The summed E-state index contributed by atoms with van der Waals surface area (Å²) in [5.74, 6) is -0.666. The van der Waals surface area contributed by atoms with Gasteiger partial charge < -0.3 is 10.7 Å². The number of aromatic nitrogens is 2.